The molecule has 1 aromatic rings. The van der Waals surface area contributed by atoms with Gasteiger partial charge in [0.2, 0.25) is 0 Å². The summed E-state index contributed by atoms with van der Waals surface area (Å²) in [7, 11) is 1.31. The van der Waals surface area contributed by atoms with Crippen molar-refractivity contribution < 1.29 is 19.4 Å². The van der Waals surface area contributed by atoms with Crippen LogP contribution in [0.15, 0.2) is 35.4 Å². The van der Waals surface area contributed by atoms with Crippen LogP contribution >= 0.6 is 0 Å². The van der Waals surface area contributed by atoms with Crippen molar-refractivity contribution in [3.63, 3.8) is 0 Å². The minimum absolute atomic E-state index is 0.0311. The zero-order valence-electron chi connectivity index (χ0n) is 18.2. The van der Waals surface area contributed by atoms with Gasteiger partial charge >= 0.3 is 0 Å². The molecule has 4 atom stereocenters. The minimum atomic E-state index is -1.22. The quantitative estimate of drug-likeness (QED) is 0.622. The van der Waals surface area contributed by atoms with Crippen LogP contribution in [0.5, 0.6) is 0 Å². The number of hydrogen-bond donors (Lipinski definition) is 1. The van der Waals surface area contributed by atoms with E-state index in [1.54, 1.807) is 6.92 Å². The molecule has 5 heteroatoms. The number of hydrogen-bond acceptors (Lipinski definition) is 5. The normalized spacial score (nSPS) is 33.0. The molecule has 3 aliphatic rings. The summed E-state index contributed by atoms with van der Waals surface area (Å²) in [5, 5.41) is 11.2. The summed E-state index contributed by atoms with van der Waals surface area (Å²) in [6.45, 7) is 9.99. The third-order valence-corrected chi connectivity index (χ3v) is 7.50. The van der Waals surface area contributed by atoms with E-state index in [2.05, 4.69) is 54.7 Å². The van der Waals surface area contributed by atoms with Crippen LogP contribution < -0.4 is 0 Å². The molecule has 0 saturated carbocycles. The van der Waals surface area contributed by atoms with Gasteiger partial charge in [-0.15, -0.1) is 0 Å². The van der Waals surface area contributed by atoms with Crippen molar-refractivity contribution in [3.05, 3.63) is 46.5 Å². The molecule has 3 unspecified atom stereocenters. The van der Waals surface area contributed by atoms with Gasteiger partial charge in [0.25, 0.3) is 6.47 Å². The summed E-state index contributed by atoms with van der Waals surface area (Å²) in [6.07, 6.45) is 2.96. The van der Waals surface area contributed by atoms with Crippen LogP contribution in [-0.4, -0.2) is 54.1 Å². The fourth-order valence-corrected chi connectivity index (χ4v) is 6.28. The number of nitrogens with zero attached hydrogens (tertiary/aromatic N) is 1. The molecule has 1 aliphatic carbocycles. The van der Waals surface area contributed by atoms with Gasteiger partial charge in [-0.25, -0.2) is 0 Å². The molecule has 2 heterocycles. The van der Waals surface area contributed by atoms with Crippen LogP contribution in [0.4, 0.5) is 0 Å². The average Bonchev–Trinajstić information content (AvgIpc) is 3.09. The second-order valence-corrected chi connectivity index (χ2v) is 8.64. The molecule has 1 N–H and O–H groups in total. The largest absolute Gasteiger partial charge is 0.471 e. The molecule has 158 valence electrons. The van der Waals surface area contributed by atoms with Crippen molar-refractivity contribution in [3.8, 4) is 0 Å². The number of benzene rings is 1. The second-order valence-electron chi connectivity index (χ2n) is 8.64. The number of aliphatic hydroxyl groups is 1. The van der Waals surface area contributed by atoms with Crippen molar-refractivity contribution in [1.82, 2.24) is 4.90 Å². The summed E-state index contributed by atoms with van der Waals surface area (Å²) in [5.41, 5.74) is 4.37. The van der Waals surface area contributed by atoms with Crippen LogP contribution in [0.1, 0.15) is 51.2 Å². The van der Waals surface area contributed by atoms with Gasteiger partial charge in [0, 0.05) is 23.9 Å². The average molecular weight is 400 g/mol. The lowest BCUT2D eigenvalue weighted by molar-refractivity contribution is -0.150. The zero-order chi connectivity index (χ0) is 21.4. The number of Topliss-reactive ketones (excluding diaryl/α,β-unsaturated/α-hetero) is 1. The van der Waals surface area contributed by atoms with Gasteiger partial charge in [-0.2, -0.15) is 0 Å². The molecular weight excluding hydrogens is 366 g/mol. The summed E-state index contributed by atoms with van der Waals surface area (Å²) in [5.74, 6) is -0.113. The van der Waals surface area contributed by atoms with E-state index in [0.717, 1.165) is 25.8 Å². The van der Waals surface area contributed by atoms with Gasteiger partial charge in [-0.05, 0) is 57.7 Å². The number of carbonyl (C=O) groups is 2. The lowest BCUT2D eigenvalue weighted by Gasteiger charge is -2.55. The predicted molar refractivity (Wildman–Crippen MR) is 113 cm³/mol. The molecule has 2 saturated heterocycles. The first-order valence-corrected chi connectivity index (χ1v) is 10.5. The van der Waals surface area contributed by atoms with Crippen LogP contribution in [0, 0.1) is 12.8 Å². The number of ether oxygens (including phenoxy) is 1. The van der Waals surface area contributed by atoms with Gasteiger partial charge < -0.3 is 9.84 Å². The number of ketones is 1. The maximum atomic E-state index is 12.3. The van der Waals surface area contributed by atoms with Crippen molar-refractivity contribution in [2.45, 2.75) is 64.0 Å². The smallest absolute Gasteiger partial charge is 0.292 e. The first kappa shape index (κ1) is 21.7. The van der Waals surface area contributed by atoms with Crippen LogP contribution in [-0.2, 0) is 19.7 Å². The predicted octanol–water partition coefficient (Wildman–Crippen LogP) is 3.18. The Morgan fingerprint density at radius 1 is 1.34 bits per heavy atom. The van der Waals surface area contributed by atoms with Crippen molar-refractivity contribution in [2.75, 3.05) is 20.2 Å². The third-order valence-electron chi connectivity index (χ3n) is 7.50. The molecule has 0 amide bonds. The van der Waals surface area contributed by atoms with E-state index >= 15 is 0 Å². The number of methoxy groups -OCH3 is 1. The lowest BCUT2D eigenvalue weighted by atomic mass is 9.55. The number of piperidine rings is 1. The number of carbonyl (C=O) groups excluding carboxylic acids is 2. The number of aryl methyl sites for hydroxylation is 1. The third kappa shape index (κ3) is 3.15. The Kier molecular flexibility index (Phi) is 6.02. The summed E-state index contributed by atoms with van der Waals surface area (Å²) >= 11 is 0. The molecule has 5 nitrogen and oxygen atoms in total. The molecule has 2 fully saturated rings. The highest BCUT2D eigenvalue weighted by molar-refractivity contribution is 5.86. The highest BCUT2D eigenvalue weighted by Crippen LogP contribution is 2.59. The Morgan fingerprint density at radius 2 is 2.00 bits per heavy atom. The second kappa shape index (κ2) is 8.04. The minimum Gasteiger partial charge on any atom is -0.471 e. The molecule has 4 rings (SSSR count). The van der Waals surface area contributed by atoms with E-state index in [4.69, 9.17) is 4.79 Å². The molecule has 2 bridgehead atoms. The van der Waals surface area contributed by atoms with Crippen LogP contribution in [0.2, 0.25) is 0 Å². The first-order valence-electron chi connectivity index (χ1n) is 10.5. The van der Waals surface area contributed by atoms with Crippen molar-refractivity contribution >= 4 is 12.3 Å². The Morgan fingerprint density at radius 3 is 2.55 bits per heavy atom. The maximum absolute atomic E-state index is 12.3. The molecule has 1 aromatic carbocycles. The van der Waals surface area contributed by atoms with E-state index in [9.17, 15) is 9.90 Å². The van der Waals surface area contributed by atoms with Crippen LogP contribution in [0.25, 0.3) is 0 Å². The van der Waals surface area contributed by atoms with Gasteiger partial charge in [0.05, 0.1) is 7.11 Å². The highest BCUT2D eigenvalue weighted by atomic mass is 16.5. The Balaban J connectivity index is 0.000000552. The van der Waals surface area contributed by atoms with Gasteiger partial charge in [0.15, 0.2) is 5.78 Å². The molecule has 2 aliphatic heterocycles. The number of fused-ring (bicyclic) bond motifs is 1. The van der Waals surface area contributed by atoms with E-state index in [0.29, 0.717) is 19.1 Å². The fraction of sp³-hybridized carbons (Fsp3) is 0.583. The summed E-state index contributed by atoms with van der Waals surface area (Å²) in [4.78, 5) is 23.7. The van der Waals surface area contributed by atoms with Gasteiger partial charge in [-0.3, -0.25) is 14.5 Å². The van der Waals surface area contributed by atoms with Gasteiger partial charge in [-0.1, -0.05) is 42.3 Å². The van der Waals surface area contributed by atoms with Crippen LogP contribution in [0.3, 0.4) is 0 Å². The molecule has 0 spiro atoms. The maximum Gasteiger partial charge on any atom is 0.292 e. The van der Waals surface area contributed by atoms with E-state index < -0.39 is 5.60 Å². The monoisotopic (exact) mass is 399 g/mol. The number of rotatable bonds is 4. The SMILES string of the molecule is CCC1=C(C)C2CC3N(CCC13c1ccccc1C)C[C@@]2(O)C(C)=O.COC=O. The first-order chi connectivity index (χ1) is 13.8. The van der Waals surface area contributed by atoms with Gasteiger partial charge in [0.1, 0.15) is 5.60 Å². The summed E-state index contributed by atoms with van der Waals surface area (Å²) < 4.78 is 3.86. The lowest BCUT2D eigenvalue weighted by Crippen LogP contribution is -2.64. The Hall–Kier alpha value is -1.98. The topological polar surface area (TPSA) is 66.8 Å². The van der Waals surface area contributed by atoms with E-state index in [1.165, 1.54) is 29.4 Å². The van der Waals surface area contributed by atoms with E-state index in [1.807, 2.05) is 0 Å². The Labute approximate surface area is 173 Å². The van der Waals surface area contributed by atoms with E-state index in [-0.39, 0.29) is 17.1 Å². The Bertz CT molecular complexity index is 832. The highest BCUT2D eigenvalue weighted by Gasteiger charge is 2.62. The molecule has 0 aromatic heterocycles. The zero-order valence-corrected chi connectivity index (χ0v) is 18.2. The molecule has 0 radical (unpaired) electrons. The summed E-state index contributed by atoms with van der Waals surface area (Å²) in [6, 6.07) is 9.19. The van der Waals surface area contributed by atoms with Crippen molar-refractivity contribution in [1.29, 1.82) is 0 Å². The molecule has 29 heavy (non-hydrogen) atoms. The van der Waals surface area contributed by atoms with Crippen molar-refractivity contribution in [2.24, 2.45) is 5.92 Å². The standard InChI is InChI=1S/C22H29NO2.C2H4O2/c1-5-17-15(3)19-12-20-21(17,18-9-7-6-8-14(18)2)10-11-23(20)13-22(19,25)16(4)24;1-4-2-3/h6-9,19-20,25H,5,10-13H2,1-4H3;2H,1H3/t19?,20?,21?,22-;/m1./s1. The molecular formula is C24H33NO4. The fourth-order valence-electron chi connectivity index (χ4n) is 6.28.